The first kappa shape index (κ1) is 21.3. The second-order valence-corrected chi connectivity index (χ2v) is 9.79. The van der Waals surface area contributed by atoms with Crippen molar-refractivity contribution in [1.82, 2.24) is 4.90 Å². The molecule has 2 aliphatic rings. The van der Waals surface area contributed by atoms with Crippen LogP contribution in [0, 0.1) is 6.92 Å². The molecule has 31 heavy (non-hydrogen) atoms. The van der Waals surface area contributed by atoms with Crippen LogP contribution < -0.4 is 18.7 Å². The fraction of sp³-hybridized carbons (Fsp3) is 0.409. The maximum atomic E-state index is 13.2. The van der Waals surface area contributed by atoms with Crippen LogP contribution in [0.5, 0.6) is 11.5 Å². The van der Waals surface area contributed by atoms with E-state index >= 15 is 0 Å². The second kappa shape index (κ2) is 8.30. The summed E-state index contributed by atoms with van der Waals surface area (Å²) in [6.45, 7) is 4.34. The molecule has 4 rings (SSSR count). The average Bonchev–Trinajstić information content (AvgIpc) is 2.77. The van der Waals surface area contributed by atoms with Gasteiger partial charge in [-0.25, -0.2) is 8.42 Å². The van der Waals surface area contributed by atoms with Gasteiger partial charge in [0.15, 0.2) is 6.10 Å². The third-order valence-electron chi connectivity index (χ3n) is 5.69. The van der Waals surface area contributed by atoms with E-state index < -0.39 is 16.1 Å². The molecule has 0 spiro atoms. The Balaban J connectivity index is 1.45. The van der Waals surface area contributed by atoms with E-state index in [-0.39, 0.29) is 12.5 Å². The summed E-state index contributed by atoms with van der Waals surface area (Å²) in [6.07, 6.45) is 0.289. The molecule has 1 amide bonds. The van der Waals surface area contributed by atoms with E-state index in [0.29, 0.717) is 37.6 Å². The number of anilines is 2. The van der Waals surface area contributed by atoms with Crippen molar-refractivity contribution >= 4 is 27.3 Å². The zero-order valence-electron chi connectivity index (χ0n) is 17.9. The zero-order chi connectivity index (χ0) is 22.2. The molecule has 0 N–H and O–H groups in total. The Hall–Kier alpha value is -2.94. The van der Waals surface area contributed by atoms with Crippen LogP contribution in [0.1, 0.15) is 5.56 Å². The van der Waals surface area contributed by atoms with E-state index in [2.05, 4.69) is 4.90 Å². The molecule has 0 bridgehead atoms. The Labute approximate surface area is 183 Å². The van der Waals surface area contributed by atoms with Gasteiger partial charge in [0.2, 0.25) is 10.0 Å². The predicted molar refractivity (Wildman–Crippen MR) is 120 cm³/mol. The van der Waals surface area contributed by atoms with Crippen LogP contribution in [0.3, 0.4) is 0 Å². The molecule has 8 nitrogen and oxygen atoms in total. The van der Waals surface area contributed by atoms with Gasteiger partial charge in [-0.3, -0.25) is 9.10 Å². The number of piperazine rings is 1. The molecule has 9 heteroatoms. The molecule has 1 saturated heterocycles. The van der Waals surface area contributed by atoms with Gasteiger partial charge in [-0.15, -0.1) is 0 Å². The van der Waals surface area contributed by atoms with Gasteiger partial charge in [0.05, 0.1) is 25.6 Å². The number of benzene rings is 2. The van der Waals surface area contributed by atoms with Gasteiger partial charge in [-0.1, -0.05) is 6.07 Å². The molecular weight excluding hydrogens is 418 g/mol. The molecule has 2 aromatic rings. The van der Waals surface area contributed by atoms with Crippen molar-refractivity contribution < 1.29 is 22.7 Å². The number of hydrogen-bond acceptors (Lipinski definition) is 6. The van der Waals surface area contributed by atoms with Gasteiger partial charge >= 0.3 is 0 Å². The lowest BCUT2D eigenvalue weighted by Crippen LogP contribution is -2.56. The molecule has 0 saturated carbocycles. The molecule has 1 fully saturated rings. The van der Waals surface area contributed by atoms with E-state index in [1.165, 1.54) is 4.31 Å². The van der Waals surface area contributed by atoms with Gasteiger partial charge in [0.25, 0.3) is 5.91 Å². The first-order valence-electron chi connectivity index (χ1n) is 10.2. The standard InChI is InChI=1S/C22H27N3O5S/c1-16-4-9-20-19(14-16)25(31(3,27)28)15-21(30-20)22(26)24-12-10-23(11-13-24)17-5-7-18(29-2)8-6-17/h4-9,14,21H,10-13,15H2,1-3H3/t21-/m0/s1. The normalized spacial score (nSPS) is 18.9. The molecule has 1 atom stereocenters. The van der Waals surface area contributed by atoms with Crippen LogP contribution in [-0.2, 0) is 14.8 Å². The smallest absolute Gasteiger partial charge is 0.265 e. The average molecular weight is 446 g/mol. The number of carbonyl (C=O) groups excluding carboxylic acids is 1. The molecular formula is C22H27N3O5S. The van der Waals surface area contributed by atoms with Crippen LogP contribution in [0.4, 0.5) is 11.4 Å². The molecule has 0 aliphatic carbocycles. The van der Waals surface area contributed by atoms with Crippen molar-refractivity contribution in [2.75, 3.05) is 55.3 Å². The lowest BCUT2D eigenvalue weighted by molar-refractivity contribution is -0.138. The van der Waals surface area contributed by atoms with E-state index in [4.69, 9.17) is 9.47 Å². The third kappa shape index (κ3) is 4.41. The van der Waals surface area contributed by atoms with Crippen molar-refractivity contribution in [3.05, 3.63) is 48.0 Å². The van der Waals surface area contributed by atoms with Crippen molar-refractivity contribution in [2.24, 2.45) is 0 Å². The van der Waals surface area contributed by atoms with Gasteiger partial charge in [0, 0.05) is 31.9 Å². The lowest BCUT2D eigenvalue weighted by atomic mass is 10.1. The second-order valence-electron chi connectivity index (χ2n) is 7.88. The van der Waals surface area contributed by atoms with E-state index in [1.54, 1.807) is 24.1 Å². The third-order valence-corrected chi connectivity index (χ3v) is 6.84. The minimum Gasteiger partial charge on any atom is -0.497 e. The van der Waals surface area contributed by atoms with Crippen molar-refractivity contribution in [2.45, 2.75) is 13.0 Å². The highest BCUT2D eigenvalue weighted by Crippen LogP contribution is 2.36. The first-order chi connectivity index (χ1) is 14.8. The Bertz CT molecular complexity index is 1060. The Morgan fingerprint density at radius 3 is 2.35 bits per heavy atom. The summed E-state index contributed by atoms with van der Waals surface area (Å²) < 4.78 is 37.2. The van der Waals surface area contributed by atoms with Crippen molar-refractivity contribution in [1.29, 1.82) is 0 Å². The van der Waals surface area contributed by atoms with E-state index in [9.17, 15) is 13.2 Å². The molecule has 0 aromatic heterocycles. The zero-order valence-corrected chi connectivity index (χ0v) is 18.8. The van der Waals surface area contributed by atoms with Gasteiger partial charge < -0.3 is 19.3 Å². The summed E-state index contributed by atoms with van der Waals surface area (Å²) in [6, 6.07) is 13.2. The molecule has 0 unspecified atom stereocenters. The number of aryl methyl sites for hydroxylation is 1. The number of carbonyl (C=O) groups is 1. The number of sulfonamides is 1. The highest BCUT2D eigenvalue weighted by Gasteiger charge is 2.37. The Morgan fingerprint density at radius 1 is 1.06 bits per heavy atom. The van der Waals surface area contributed by atoms with Crippen LogP contribution >= 0.6 is 0 Å². The quantitative estimate of drug-likeness (QED) is 0.715. The summed E-state index contributed by atoms with van der Waals surface area (Å²) in [5.74, 6) is 1.03. The predicted octanol–water partition coefficient (Wildman–Crippen LogP) is 1.88. The Morgan fingerprint density at radius 2 is 1.74 bits per heavy atom. The SMILES string of the molecule is COc1ccc(N2CCN(C(=O)[C@@H]3CN(S(C)(=O)=O)c4cc(C)ccc4O3)CC2)cc1. The fourth-order valence-corrected chi connectivity index (χ4v) is 4.89. The van der Waals surface area contributed by atoms with Gasteiger partial charge in [0.1, 0.15) is 11.5 Å². The van der Waals surface area contributed by atoms with Crippen LogP contribution in [-0.4, -0.2) is 71.4 Å². The van der Waals surface area contributed by atoms with Crippen molar-refractivity contribution in [3.63, 3.8) is 0 Å². The summed E-state index contributed by atoms with van der Waals surface area (Å²) >= 11 is 0. The molecule has 2 aromatic carbocycles. The number of nitrogens with zero attached hydrogens (tertiary/aromatic N) is 3. The van der Waals surface area contributed by atoms with Crippen LogP contribution in [0.15, 0.2) is 42.5 Å². The Kier molecular flexibility index (Phi) is 5.70. The van der Waals surface area contributed by atoms with Crippen LogP contribution in [0.2, 0.25) is 0 Å². The molecule has 2 aliphatic heterocycles. The largest absolute Gasteiger partial charge is 0.497 e. The van der Waals surface area contributed by atoms with E-state index in [0.717, 1.165) is 23.3 Å². The summed E-state index contributed by atoms with van der Waals surface area (Å²) in [5, 5.41) is 0. The first-order valence-corrected chi connectivity index (χ1v) is 12.0. The number of methoxy groups -OCH3 is 1. The minimum absolute atomic E-state index is 0.0210. The minimum atomic E-state index is -3.54. The number of rotatable bonds is 4. The number of hydrogen-bond donors (Lipinski definition) is 0. The highest BCUT2D eigenvalue weighted by atomic mass is 32.2. The summed E-state index contributed by atoms with van der Waals surface area (Å²) in [5.41, 5.74) is 2.49. The summed E-state index contributed by atoms with van der Waals surface area (Å²) in [4.78, 5) is 17.1. The fourth-order valence-electron chi connectivity index (χ4n) is 3.99. The maximum Gasteiger partial charge on any atom is 0.265 e. The molecule has 0 radical (unpaired) electrons. The monoisotopic (exact) mass is 445 g/mol. The van der Waals surface area contributed by atoms with Crippen molar-refractivity contribution in [3.8, 4) is 11.5 Å². The molecule has 166 valence electrons. The summed E-state index contributed by atoms with van der Waals surface area (Å²) in [7, 11) is -1.90. The lowest BCUT2D eigenvalue weighted by Gasteiger charge is -2.40. The molecule has 2 heterocycles. The number of fused-ring (bicyclic) bond motifs is 1. The highest BCUT2D eigenvalue weighted by molar-refractivity contribution is 7.92. The van der Waals surface area contributed by atoms with Gasteiger partial charge in [-0.05, 0) is 48.9 Å². The van der Waals surface area contributed by atoms with E-state index in [1.807, 2.05) is 37.3 Å². The topological polar surface area (TPSA) is 79.4 Å². The van der Waals surface area contributed by atoms with Gasteiger partial charge in [-0.2, -0.15) is 0 Å². The number of amides is 1. The number of ether oxygens (including phenoxy) is 2. The van der Waals surface area contributed by atoms with Crippen LogP contribution in [0.25, 0.3) is 0 Å². The maximum absolute atomic E-state index is 13.2.